The third-order valence-electron chi connectivity index (χ3n) is 4.66. The fourth-order valence-corrected chi connectivity index (χ4v) is 2.78. The van der Waals surface area contributed by atoms with Gasteiger partial charge in [-0.2, -0.15) is 0 Å². The van der Waals surface area contributed by atoms with Crippen LogP contribution >= 0.6 is 0 Å². The molecule has 0 spiro atoms. The van der Waals surface area contributed by atoms with Crippen LogP contribution in [0.3, 0.4) is 0 Å². The van der Waals surface area contributed by atoms with Crippen molar-refractivity contribution in [2.45, 2.75) is 0 Å². The fraction of sp³-hybridized carbons (Fsp3) is 0. The van der Waals surface area contributed by atoms with Gasteiger partial charge in [-0.1, -0.05) is 48.5 Å². The zero-order valence-corrected chi connectivity index (χ0v) is 19.9. The molecule has 0 radical (unpaired) electrons. The molecule has 10 nitrogen and oxygen atoms in total. The Morgan fingerprint density at radius 3 is 1.16 bits per heavy atom. The van der Waals surface area contributed by atoms with Crippen molar-refractivity contribution in [3.05, 3.63) is 128 Å². The topological polar surface area (TPSA) is 157 Å². The predicted molar refractivity (Wildman–Crippen MR) is 132 cm³/mol. The molecule has 4 aromatic carbocycles. The minimum Gasteiger partial charge on any atom is -0.872 e. The van der Waals surface area contributed by atoms with Gasteiger partial charge >= 0.3 is 16.5 Å². The molecule has 0 bridgehead atoms. The van der Waals surface area contributed by atoms with Crippen molar-refractivity contribution in [2.75, 3.05) is 0 Å². The molecule has 0 saturated heterocycles. The van der Waals surface area contributed by atoms with E-state index in [0.717, 1.165) is 0 Å². The molecular weight excluding hydrogens is 523 g/mol. The zero-order valence-electron chi connectivity index (χ0n) is 18.9. The summed E-state index contributed by atoms with van der Waals surface area (Å²) in [5.41, 5.74) is 2.11. The third-order valence-corrected chi connectivity index (χ3v) is 4.66. The van der Waals surface area contributed by atoms with Crippen LogP contribution in [0, 0.1) is 20.2 Å². The normalized spacial score (nSPS) is 10.4. The molecule has 4 rings (SSSR count). The van der Waals surface area contributed by atoms with Gasteiger partial charge in [0.15, 0.2) is 0 Å². The largest absolute Gasteiger partial charge is 2.00 e. The fourth-order valence-electron chi connectivity index (χ4n) is 2.78. The van der Waals surface area contributed by atoms with E-state index in [0.29, 0.717) is 22.5 Å². The van der Waals surface area contributed by atoms with Crippen LogP contribution in [0.25, 0.3) is 0 Å². The average Bonchev–Trinajstić information content (AvgIpc) is 2.88. The van der Waals surface area contributed by atoms with Crippen molar-refractivity contribution >= 4 is 35.2 Å². The van der Waals surface area contributed by atoms with Gasteiger partial charge in [0.2, 0.25) is 0 Å². The number of nitrogens with zero attached hydrogens (tertiary/aromatic N) is 4. The number of hydrogen-bond donors (Lipinski definition) is 0. The Kier molecular flexibility index (Phi) is 10.6. The Morgan fingerprint density at radius 1 is 0.541 bits per heavy atom. The summed E-state index contributed by atoms with van der Waals surface area (Å²) in [5, 5.41) is 43.7. The Bertz CT molecular complexity index is 1300. The Hall–Kier alpha value is -4.89. The second-order valence-electron chi connectivity index (χ2n) is 7.14. The third kappa shape index (κ3) is 8.68. The first-order valence-corrected chi connectivity index (χ1v) is 10.4. The van der Waals surface area contributed by atoms with Crippen molar-refractivity contribution < 1.29 is 36.6 Å². The van der Waals surface area contributed by atoms with Crippen LogP contribution in [-0.2, 0) is 16.5 Å². The maximum Gasteiger partial charge on any atom is 2.00 e. The summed E-state index contributed by atoms with van der Waals surface area (Å²) < 4.78 is 0. The molecule has 0 aliphatic rings. The summed E-state index contributed by atoms with van der Waals surface area (Å²) in [6.07, 6.45) is 2.90. The molecular formula is C26H18N4NiO6. The molecule has 0 aliphatic heterocycles. The first kappa shape index (κ1) is 28.4. The SMILES string of the molecule is O=[N+]([O-])c1ccc(N=Cc2ccccc2[O-])cc1.O=[N+]([O-])c1ccc(N=Cc2ccccc2[O-])cc1.[Ni+2]. The van der Waals surface area contributed by atoms with Crippen LogP contribution in [0.15, 0.2) is 107 Å². The Morgan fingerprint density at radius 2 is 0.865 bits per heavy atom. The van der Waals surface area contributed by atoms with Crippen molar-refractivity contribution in [1.82, 2.24) is 0 Å². The molecule has 0 atom stereocenters. The quantitative estimate of drug-likeness (QED) is 0.147. The van der Waals surface area contributed by atoms with Gasteiger partial charge in [0.1, 0.15) is 0 Å². The Labute approximate surface area is 221 Å². The molecule has 188 valence electrons. The van der Waals surface area contributed by atoms with E-state index in [1.165, 1.54) is 73.1 Å². The molecule has 0 aliphatic carbocycles. The molecule has 0 aromatic heterocycles. The molecule has 0 saturated carbocycles. The monoisotopic (exact) mass is 540 g/mol. The van der Waals surface area contributed by atoms with Crippen molar-refractivity contribution in [2.24, 2.45) is 9.98 Å². The summed E-state index contributed by atoms with van der Waals surface area (Å²) in [6.45, 7) is 0. The van der Waals surface area contributed by atoms with Crippen LogP contribution < -0.4 is 10.2 Å². The van der Waals surface area contributed by atoms with Gasteiger partial charge in [0.05, 0.1) is 21.2 Å². The molecule has 0 amide bonds. The van der Waals surface area contributed by atoms with Gasteiger partial charge in [0.25, 0.3) is 11.4 Å². The number of nitro benzene ring substituents is 2. The van der Waals surface area contributed by atoms with Crippen LogP contribution in [0.5, 0.6) is 11.5 Å². The van der Waals surface area contributed by atoms with Crippen LogP contribution in [0.4, 0.5) is 22.7 Å². The van der Waals surface area contributed by atoms with Gasteiger partial charge in [-0.3, -0.25) is 30.2 Å². The van der Waals surface area contributed by atoms with E-state index >= 15 is 0 Å². The van der Waals surface area contributed by atoms with E-state index in [2.05, 4.69) is 9.98 Å². The Balaban J connectivity index is 0.000000253. The maximum atomic E-state index is 11.4. The summed E-state index contributed by atoms with van der Waals surface area (Å²) >= 11 is 0. The predicted octanol–water partition coefficient (Wildman–Crippen LogP) is 4.84. The minimum atomic E-state index is -0.472. The standard InChI is InChI=1S/2C13H10N2O3.Ni/c2*16-13-4-2-1-3-10(13)9-14-11-5-7-12(8-6-11)15(17)18;/h2*1-9,16H;/q;;+2/p-2. The van der Waals surface area contributed by atoms with Crippen molar-refractivity contribution in [3.63, 3.8) is 0 Å². The molecule has 0 heterocycles. The van der Waals surface area contributed by atoms with Crippen molar-refractivity contribution in [3.8, 4) is 11.5 Å². The van der Waals surface area contributed by atoms with Gasteiger partial charge in [-0.15, -0.1) is 11.5 Å². The number of rotatable bonds is 6. The van der Waals surface area contributed by atoms with E-state index < -0.39 is 9.85 Å². The van der Waals surface area contributed by atoms with E-state index in [1.807, 2.05) is 0 Å². The molecule has 11 heteroatoms. The van der Waals surface area contributed by atoms with Gasteiger partial charge < -0.3 is 10.2 Å². The maximum absolute atomic E-state index is 11.4. The van der Waals surface area contributed by atoms with Crippen LogP contribution in [0.2, 0.25) is 0 Å². The van der Waals surface area contributed by atoms with E-state index in [1.54, 1.807) is 36.4 Å². The minimum absolute atomic E-state index is 0. The first-order valence-electron chi connectivity index (χ1n) is 10.4. The number of para-hydroxylation sites is 2. The second-order valence-corrected chi connectivity index (χ2v) is 7.14. The number of non-ortho nitro benzene ring substituents is 2. The second kappa shape index (κ2) is 13.9. The average molecular weight is 541 g/mol. The van der Waals surface area contributed by atoms with Crippen LogP contribution in [0.1, 0.15) is 11.1 Å². The number of hydrogen-bond acceptors (Lipinski definition) is 8. The molecule has 4 aromatic rings. The summed E-state index contributed by atoms with van der Waals surface area (Å²) in [7, 11) is 0. The van der Waals surface area contributed by atoms with Gasteiger partial charge in [-0.25, -0.2) is 0 Å². The molecule has 0 N–H and O–H groups in total. The number of benzene rings is 4. The number of aliphatic imine (C=N–C) groups is 2. The summed E-state index contributed by atoms with van der Waals surface area (Å²) in [4.78, 5) is 28.2. The summed E-state index contributed by atoms with van der Waals surface area (Å²) in [6, 6.07) is 24.7. The first-order chi connectivity index (χ1) is 17.3. The summed E-state index contributed by atoms with van der Waals surface area (Å²) in [5.74, 6) is -0.216. The van der Waals surface area contributed by atoms with E-state index in [4.69, 9.17) is 0 Å². The molecule has 37 heavy (non-hydrogen) atoms. The van der Waals surface area contributed by atoms with Crippen LogP contribution in [-0.4, -0.2) is 22.3 Å². The van der Waals surface area contributed by atoms with Gasteiger partial charge in [-0.05, 0) is 35.4 Å². The van der Waals surface area contributed by atoms with E-state index in [-0.39, 0.29) is 39.4 Å². The molecule has 0 unspecified atom stereocenters. The smallest absolute Gasteiger partial charge is 0.872 e. The van der Waals surface area contributed by atoms with Crippen molar-refractivity contribution in [1.29, 1.82) is 0 Å². The molecule has 0 fully saturated rings. The number of nitro groups is 2. The van der Waals surface area contributed by atoms with Gasteiger partial charge in [0, 0.05) is 36.7 Å². The van der Waals surface area contributed by atoms with E-state index in [9.17, 15) is 30.4 Å². The zero-order chi connectivity index (χ0) is 25.9.